The largest absolute Gasteiger partial charge is 0.339 e. The van der Waals surface area contributed by atoms with Gasteiger partial charge in [0.2, 0.25) is 5.89 Å². The minimum atomic E-state index is 0.527. The van der Waals surface area contributed by atoms with Crippen LogP contribution in [0.15, 0.2) is 23.2 Å². The Morgan fingerprint density at radius 3 is 3.14 bits per heavy atom. The summed E-state index contributed by atoms with van der Waals surface area (Å²) in [6, 6.07) is 0. The van der Waals surface area contributed by atoms with Gasteiger partial charge in [0.15, 0.2) is 5.82 Å². The molecule has 0 saturated heterocycles. The molecule has 1 fully saturated rings. The third-order valence-corrected chi connectivity index (χ3v) is 2.29. The molecule has 0 aliphatic heterocycles. The van der Waals surface area contributed by atoms with Crippen molar-refractivity contribution in [2.75, 3.05) is 0 Å². The highest BCUT2D eigenvalue weighted by atomic mass is 16.5. The first-order chi connectivity index (χ1) is 6.92. The smallest absolute Gasteiger partial charge is 0.229 e. The molecule has 0 unspecified atom stereocenters. The second-order valence-corrected chi connectivity index (χ2v) is 3.56. The second kappa shape index (κ2) is 2.94. The Balaban J connectivity index is 1.76. The summed E-state index contributed by atoms with van der Waals surface area (Å²) in [5.41, 5.74) is 0. The fourth-order valence-corrected chi connectivity index (χ4v) is 1.37. The van der Waals surface area contributed by atoms with Crippen molar-refractivity contribution in [1.29, 1.82) is 0 Å². The second-order valence-electron chi connectivity index (χ2n) is 3.56. The van der Waals surface area contributed by atoms with Crippen molar-refractivity contribution in [2.24, 2.45) is 0 Å². The van der Waals surface area contributed by atoms with Gasteiger partial charge in [-0.15, -0.1) is 0 Å². The lowest BCUT2D eigenvalue weighted by atomic mass is 10.4. The highest BCUT2D eigenvalue weighted by molar-refractivity contribution is 5.02. The minimum absolute atomic E-state index is 0.527. The van der Waals surface area contributed by atoms with Crippen LogP contribution in [0.4, 0.5) is 0 Å². The van der Waals surface area contributed by atoms with Gasteiger partial charge in [0.05, 0.1) is 12.9 Å². The van der Waals surface area contributed by atoms with E-state index < -0.39 is 0 Å². The molecule has 1 aliphatic carbocycles. The van der Waals surface area contributed by atoms with Crippen molar-refractivity contribution in [3.05, 3.63) is 30.4 Å². The Hall–Kier alpha value is -1.65. The minimum Gasteiger partial charge on any atom is -0.339 e. The number of aromatic nitrogens is 4. The van der Waals surface area contributed by atoms with Crippen LogP contribution in [0.5, 0.6) is 0 Å². The molecule has 14 heavy (non-hydrogen) atoms. The molecule has 72 valence electrons. The lowest BCUT2D eigenvalue weighted by Gasteiger charge is -1.93. The summed E-state index contributed by atoms with van der Waals surface area (Å²) in [7, 11) is 0. The van der Waals surface area contributed by atoms with Crippen molar-refractivity contribution in [1.82, 2.24) is 19.7 Å². The molecular formula is C9H10N4O. The first-order valence-electron chi connectivity index (χ1n) is 4.70. The molecule has 1 saturated carbocycles. The molecule has 2 heterocycles. The van der Waals surface area contributed by atoms with Crippen molar-refractivity contribution in [3.63, 3.8) is 0 Å². The zero-order chi connectivity index (χ0) is 9.38. The topological polar surface area (TPSA) is 56.7 Å². The molecule has 0 radical (unpaired) electrons. The zero-order valence-electron chi connectivity index (χ0n) is 7.63. The fourth-order valence-electron chi connectivity index (χ4n) is 1.37. The molecule has 0 atom stereocenters. The molecule has 0 N–H and O–H groups in total. The van der Waals surface area contributed by atoms with E-state index in [4.69, 9.17) is 4.52 Å². The predicted octanol–water partition coefficient (Wildman–Crippen LogP) is 1.19. The van der Waals surface area contributed by atoms with Gasteiger partial charge in [-0.05, 0) is 12.8 Å². The quantitative estimate of drug-likeness (QED) is 0.729. The monoisotopic (exact) mass is 190 g/mol. The average Bonchev–Trinajstić information content (AvgIpc) is 2.75. The molecule has 2 aromatic heterocycles. The van der Waals surface area contributed by atoms with Crippen LogP contribution in [0.25, 0.3) is 0 Å². The molecular weight excluding hydrogens is 180 g/mol. The molecule has 3 rings (SSSR count). The first kappa shape index (κ1) is 7.73. The standard InChI is InChI=1S/C9H10N4O/c1-2-7(1)9-11-8(12-14-9)5-13-4-3-10-6-13/h3-4,6-7H,1-2,5H2. The highest BCUT2D eigenvalue weighted by Gasteiger charge is 2.29. The van der Waals surface area contributed by atoms with Crippen LogP contribution in [0, 0.1) is 0 Å². The lowest BCUT2D eigenvalue weighted by molar-refractivity contribution is 0.373. The van der Waals surface area contributed by atoms with Crippen molar-refractivity contribution >= 4 is 0 Å². The van der Waals surface area contributed by atoms with E-state index in [2.05, 4.69) is 15.1 Å². The molecule has 0 aromatic carbocycles. The summed E-state index contributed by atoms with van der Waals surface area (Å²) in [6.45, 7) is 0.635. The van der Waals surface area contributed by atoms with Crippen LogP contribution in [0.1, 0.15) is 30.5 Å². The van der Waals surface area contributed by atoms with Crippen molar-refractivity contribution in [2.45, 2.75) is 25.3 Å². The van der Waals surface area contributed by atoms with Crippen LogP contribution in [-0.4, -0.2) is 19.7 Å². The number of imidazole rings is 1. The molecule has 1 aliphatic rings. The van der Waals surface area contributed by atoms with Gasteiger partial charge in [0.25, 0.3) is 0 Å². The van der Waals surface area contributed by atoms with E-state index in [0.717, 1.165) is 11.7 Å². The number of hydrogen-bond acceptors (Lipinski definition) is 4. The van der Waals surface area contributed by atoms with Crippen molar-refractivity contribution in [3.8, 4) is 0 Å². The number of rotatable bonds is 3. The lowest BCUT2D eigenvalue weighted by Crippen LogP contribution is -1.98. The van der Waals surface area contributed by atoms with Gasteiger partial charge in [-0.25, -0.2) is 4.98 Å². The third kappa shape index (κ3) is 1.41. The van der Waals surface area contributed by atoms with E-state index in [9.17, 15) is 0 Å². The summed E-state index contributed by atoms with van der Waals surface area (Å²) in [6.07, 6.45) is 7.74. The predicted molar refractivity (Wildman–Crippen MR) is 47.6 cm³/mol. The van der Waals surface area contributed by atoms with Gasteiger partial charge < -0.3 is 9.09 Å². The Kier molecular flexibility index (Phi) is 1.62. The van der Waals surface area contributed by atoms with E-state index in [0.29, 0.717) is 12.5 Å². The summed E-state index contributed by atoms with van der Waals surface area (Å²) >= 11 is 0. The molecule has 2 aromatic rings. The maximum absolute atomic E-state index is 5.14. The molecule has 0 bridgehead atoms. The van der Waals surface area contributed by atoms with Gasteiger partial charge >= 0.3 is 0 Å². The summed E-state index contributed by atoms with van der Waals surface area (Å²) < 4.78 is 7.06. The normalized spacial score (nSPS) is 16.0. The van der Waals surface area contributed by atoms with E-state index in [1.807, 2.05) is 10.8 Å². The fraction of sp³-hybridized carbons (Fsp3) is 0.444. The van der Waals surface area contributed by atoms with Crippen LogP contribution in [-0.2, 0) is 6.54 Å². The summed E-state index contributed by atoms with van der Waals surface area (Å²) in [5.74, 6) is 2.05. The van der Waals surface area contributed by atoms with Gasteiger partial charge in [0.1, 0.15) is 0 Å². The van der Waals surface area contributed by atoms with Crippen molar-refractivity contribution < 1.29 is 4.52 Å². The molecule has 5 heteroatoms. The zero-order valence-corrected chi connectivity index (χ0v) is 7.63. The van der Waals surface area contributed by atoms with E-state index in [1.54, 1.807) is 12.5 Å². The maximum atomic E-state index is 5.14. The molecule has 5 nitrogen and oxygen atoms in total. The van der Waals surface area contributed by atoms with E-state index in [1.165, 1.54) is 12.8 Å². The Bertz CT molecular complexity index is 416. The Labute approximate surface area is 80.8 Å². The summed E-state index contributed by atoms with van der Waals surface area (Å²) in [5, 5.41) is 3.92. The maximum Gasteiger partial charge on any atom is 0.229 e. The first-order valence-corrected chi connectivity index (χ1v) is 4.70. The van der Waals surface area contributed by atoms with Gasteiger partial charge in [-0.3, -0.25) is 0 Å². The Morgan fingerprint density at radius 2 is 2.43 bits per heavy atom. The Morgan fingerprint density at radius 1 is 1.50 bits per heavy atom. The van der Waals surface area contributed by atoms with E-state index >= 15 is 0 Å². The number of hydrogen-bond donors (Lipinski definition) is 0. The van der Waals surface area contributed by atoms with Gasteiger partial charge in [0, 0.05) is 18.3 Å². The number of nitrogens with zero attached hydrogens (tertiary/aromatic N) is 4. The van der Waals surface area contributed by atoms with Crippen LogP contribution >= 0.6 is 0 Å². The highest BCUT2D eigenvalue weighted by Crippen LogP contribution is 2.38. The van der Waals surface area contributed by atoms with Gasteiger partial charge in [-0.2, -0.15) is 4.98 Å². The van der Waals surface area contributed by atoms with Gasteiger partial charge in [-0.1, -0.05) is 5.16 Å². The average molecular weight is 190 g/mol. The molecule has 0 spiro atoms. The van der Waals surface area contributed by atoms with E-state index in [-0.39, 0.29) is 0 Å². The van der Waals surface area contributed by atoms with Crippen LogP contribution in [0.2, 0.25) is 0 Å². The third-order valence-electron chi connectivity index (χ3n) is 2.29. The van der Waals surface area contributed by atoms with Crippen LogP contribution in [0.3, 0.4) is 0 Å². The SMILES string of the molecule is c1cn(Cc2noc(C3CC3)n2)cn1. The summed E-state index contributed by atoms with van der Waals surface area (Å²) in [4.78, 5) is 8.27. The molecule has 0 amide bonds. The van der Waals surface area contributed by atoms with Crippen LogP contribution < -0.4 is 0 Å².